The van der Waals surface area contributed by atoms with Gasteiger partial charge in [-0.2, -0.15) is 0 Å². The van der Waals surface area contributed by atoms with E-state index in [4.69, 9.17) is 0 Å². The molecule has 1 aliphatic carbocycles. The number of hydrogen-bond donors (Lipinski definition) is 0. The van der Waals surface area contributed by atoms with Crippen LogP contribution >= 0.6 is 0 Å². The van der Waals surface area contributed by atoms with Gasteiger partial charge in [0, 0.05) is 6.42 Å². The van der Waals surface area contributed by atoms with Gasteiger partial charge in [0.25, 0.3) is 0 Å². The van der Waals surface area contributed by atoms with E-state index in [9.17, 15) is 0 Å². The van der Waals surface area contributed by atoms with Gasteiger partial charge in [-0.25, -0.2) is 0 Å². The van der Waals surface area contributed by atoms with Crippen molar-refractivity contribution in [3.8, 4) is 0 Å². The summed E-state index contributed by atoms with van der Waals surface area (Å²) in [7, 11) is 0. The van der Waals surface area contributed by atoms with Crippen molar-refractivity contribution in [2.24, 2.45) is 0 Å². The summed E-state index contributed by atoms with van der Waals surface area (Å²) in [5, 5.41) is 0. The largest absolute Gasteiger partial charge is 0.0582 e. The third-order valence-electron chi connectivity index (χ3n) is 2.68. The maximum Gasteiger partial charge on any atom is 0.0171 e. The predicted molar refractivity (Wildman–Crippen MR) is 55.8 cm³/mol. The second-order valence-corrected chi connectivity index (χ2v) is 4.80. The van der Waals surface area contributed by atoms with Gasteiger partial charge in [-0.3, -0.25) is 0 Å². The minimum atomic E-state index is 0.275. The van der Waals surface area contributed by atoms with E-state index in [1.165, 1.54) is 23.1 Å². The summed E-state index contributed by atoms with van der Waals surface area (Å²) in [4.78, 5) is 0. The van der Waals surface area contributed by atoms with Crippen LogP contribution in [0.5, 0.6) is 0 Å². The fourth-order valence-corrected chi connectivity index (χ4v) is 1.77. The molecule has 1 aromatic rings. The first-order valence-corrected chi connectivity index (χ1v) is 4.95. The molecule has 68 valence electrons. The van der Waals surface area contributed by atoms with E-state index in [1.54, 1.807) is 0 Å². The molecule has 0 N–H and O–H groups in total. The molecule has 0 aromatic heterocycles. The van der Waals surface area contributed by atoms with Crippen molar-refractivity contribution in [3.63, 3.8) is 0 Å². The standard InChI is InChI=1S/C13H16/c1-13(2,3)12-8-7-10-5-4-6-11(10)9-12/h7-9H,4,6H2,1-3H3. The summed E-state index contributed by atoms with van der Waals surface area (Å²) < 4.78 is 0. The molecule has 0 bridgehead atoms. The normalized spacial score (nSPS) is 15.9. The van der Waals surface area contributed by atoms with E-state index in [-0.39, 0.29) is 5.41 Å². The van der Waals surface area contributed by atoms with Gasteiger partial charge in [0.2, 0.25) is 0 Å². The van der Waals surface area contributed by atoms with E-state index in [1.807, 2.05) is 0 Å². The van der Waals surface area contributed by atoms with Crippen LogP contribution in [0.1, 0.15) is 43.9 Å². The van der Waals surface area contributed by atoms with Crippen molar-refractivity contribution in [1.29, 1.82) is 0 Å². The number of fused-ring (bicyclic) bond motifs is 1. The molecule has 2 radical (unpaired) electrons. The Hall–Kier alpha value is -0.780. The molecule has 0 saturated carbocycles. The number of hydrogen-bond acceptors (Lipinski definition) is 0. The summed E-state index contributed by atoms with van der Waals surface area (Å²) in [6.45, 7) is 6.78. The van der Waals surface area contributed by atoms with E-state index in [2.05, 4.69) is 45.4 Å². The lowest BCUT2D eigenvalue weighted by Crippen LogP contribution is -2.11. The molecule has 0 amide bonds. The molecule has 0 aliphatic heterocycles. The molecule has 0 atom stereocenters. The summed E-state index contributed by atoms with van der Waals surface area (Å²) >= 11 is 0. The van der Waals surface area contributed by atoms with Crippen LogP contribution in [0.4, 0.5) is 0 Å². The zero-order valence-corrected chi connectivity index (χ0v) is 8.65. The van der Waals surface area contributed by atoms with Gasteiger partial charge < -0.3 is 0 Å². The molecule has 0 fully saturated rings. The molecule has 0 saturated heterocycles. The summed E-state index contributed by atoms with van der Waals surface area (Å²) in [5.41, 5.74) is 4.52. The zero-order valence-electron chi connectivity index (χ0n) is 8.65. The van der Waals surface area contributed by atoms with Crippen molar-refractivity contribution in [1.82, 2.24) is 0 Å². The number of rotatable bonds is 0. The average Bonchev–Trinajstić information content (AvgIpc) is 2.47. The zero-order chi connectivity index (χ0) is 9.47. The Morgan fingerprint density at radius 1 is 1.23 bits per heavy atom. The van der Waals surface area contributed by atoms with E-state index < -0.39 is 0 Å². The van der Waals surface area contributed by atoms with E-state index in [0.29, 0.717) is 0 Å². The molecule has 0 spiro atoms. The molecule has 0 unspecified atom stereocenters. The van der Waals surface area contributed by atoms with Crippen molar-refractivity contribution in [3.05, 3.63) is 41.3 Å². The SMILES string of the molecule is CC(C)(C)c1ccc2c(c1)CC[C]2. The van der Waals surface area contributed by atoms with Crippen LogP contribution in [-0.4, -0.2) is 0 Å². The van der Waals surface area contributed by atoms with E-state index in [0.717, 1.165) is 6.42 Å². The highest BCUT2D eigenvalue weighted by molar-refractivity contribution is 5.42. The van der Waals surface area contributed by atoms with Gasteiger partial charge in [0.1, 0.15) is 0 Å². The molecule has 13 heavy (non-hydrogen) atoms. The van der Waals surface area contributed by atoms with Gasteiger partial charge >= 0.3 is 0 Å². The minimum Gasteiger partial charge on any atom is -0.0582 e. The molecule has 0 heterocycles. The fourth-order valence-electron chi connectivity index (χ4n) is 1.77. The topological polar surface area (TPSA) is 0 Å². The maximum atomic E-state index is 3.38. The van der Waals surface area contributed by atoms with Crippen LogP contribution in [0.3, 0.4) is 0 Å². The molecule has 1 aromatic carbocycles. The van der Waals surface area contributed by atoms with Gasteiger partial charge in [0.15, 0.2) is 0 Å². The highest BCUT2D eigenvalue weighted by Crippen LogP contribution is 2.29. The number of aryl methyl sites for hydroxylation is 1. The molecular weight excluding hydrogens is 156 g/mol. The van der Waals surface area contributed by atoms with Gasteiger partial charge in [-0.1, -0.05) is 39.0 Å². The van der Waals surface area contributed by atoms with Gasteiger partial charge in [0.05, 0.1) is 0 Å². The Balaban J connectivity index is 2.42. The Bertz CT molecular complexity index is 315. The second kappa shape index (κ2) is 2.87. The monoisotopic (exact) mass is 172 g/mol. The Morgan fingerprint density at radius 3 is 2.69 bits per heavy atom. The molecule has 2 rings (SSSR count). The Kier molecular flexibility index (Phi) is 1.94. The first-order valence-electron chi connectivity index (χ1n) is 4.95. The van der Waals surface area contributed by atoms with Crippen LogP contribution in [-0.2, 0) is 11.8 Å². The van der Waals surface area contributed by atoms with Crippen LogP contribution < -0.4 is 0 Å². The van der Waals surface area contributed by atoms with Crippen LogP contribution in [0.15, 0.2) is 18.2 Å². The summed E-state index contributed by atoms with van der Waals surface area (Å²) in [6.07, 6.45) is 5.66. The molecule has 0 heteroatoms. The van der Waals surface area contributed by atoms with E-state index >= 15 is 0 Å². The predicted octanol–water partition coefficient (Wildman–Crippen LogP) is 3.36. The first kappa shape index (κ1) is 8.80. The van der Waals surface area contributed by atoms with Gasteiger partial charge in [-0.05, 0) is 34.9 Å². The third-order valence-corrected chi connectivity index (χ3v) is 2.68. The maximum absolute atomic E-state index is 3.38. The van der Waals surface area contributed by atoms with Crippen molar-refractivity contribution < 1.29 is 0 Å². The smallest absolute Gasteiger partial charge is 0.0171 e. The van der Waals surface area contributed by atoms with Crippen LogP contribution in [0.25, 0.3) is 0 Å². The first-order chi connectivity index (χ1) is 6.07. The lowest BCUT2D eigenvalue weighted by molar-refractivity contribution is 0.589. The molecule has 0 nitrogen and oxygen atoms in total. The quantitative estimate of drug-likeness (QED) is 0.563. The average molecular weight is 172 g/mol. The lowest BCUT2D eigenvalue weighted by atomic mass is 9.85. The van der Waals surface area contributed by atoms with Crippen LogP contribution in [0.2, 0.25) is 0 Å². The Labute approximate surface area is 81.0 Å². The highest BCUT2D eigenvalue weighted by Gasteiger charge is 2.17. The highest BCUT2D eigenvalue weighted by atomic mass is 14.2. The number of benzene rings is 1. The van der Waals surface area contributed by atoms with Crippen LogP contribution in [0, 0.1) is 6.42 Å². The minimum absolute atomic E-state index is 0.275. The van der Waals surface area contributed by atoms with Crippen molar-refractivity contribution in [2.45, 2.75) is 39.0 Å². The molecule has 1 aliphatic rings. The summed E-state index contributed by atoms with van der Waals surface area (Å²) in [6, 6.07) is 6.79. The fraction of sp³-hybridized carbons (Fsp3) is 0.462. The molecular formula is C13H16. The Morgan fingerprint density at radius 2 is 2.00 bits per heavy atom. The third kappa shape index (κ3) is 1.63. The second-order valence-electron chi connectivity index (χ2n) is 4.80. The van der Waals surface area contributed by atoms with Crippen molar-refractivity contribution in [2.75, 3.05) is 0 Å². The van der Waals surface area contributed by atoms with Gasteiger partial charge in [-0.15, -0.1) is 0 Å². The summed E-state index contributed by atoms with van der Waals surface area (Å²) in [5.74, 6) is 0. The lowest BCUT2D eigenvalue weighted by Gasteiger charge is -2.19. The van der Waals surface area contributed by atoms with Crippen molar-refractivity contribution >= 4 is 0 Å².